The largest absolute Gasteiger partial charge is 0.392 e. The van der Waals surface area contributed by atoms with Gasteiger partial charge in [-0.15, -0.1) is 0 Å². The monoisotopic (exact) mass is 278 g/mol. The van der Waals surface area contributed by atoms with Crippen molar-refractivity contribution in [3.63, 3.8) is 0 Å². The molecule has 0 aromatic carbocycles. The SMILES string of the molecule is CCCC1CCCCN1S(=O)(=O)C(C)C(N)=S. The van der Waals surface area contributed by atoms with Gasteiger partial charge >= 0.3 is 0 Å². The smallest absolute Gasteiger partial charge is 0.223 e. The molecule has 2 atom stereocenters. The molecule has 17 heavy (non-hydrogen) atoms. The molecule has 1 heterocycles. The molecule has 4 nitrogen and oxygen atoms in total. The number of nitrogens with two attached hydrogens (primary N) is 1. The van der Waals surface area contributed by atoms with Gasteiger partial charge in [-0.05, 0) is 26.2 Å². The van der Waals surface area contributed by atoms with Crippen molar-refractivity contribution in [3.8, 4) is 0 Å². The third-order valence-corrected chi connectivity index (χ3v) is 6.15. The summed E-state index contributed by atoms with van der Waals surface area (Å²) in [6.45, 7) is 4.27. The van der Waals surface area contributed by atoms with Crippen LogP contribution in [0.25, 0.3) is 0 Å². The lowest BCUT2D eigenvalue weighted by atomic mass is 10.0. The molecule has 100 valence electrons. The highest BCUT2D eigenvalue weighted by Crippen LogP contribution is 2.25. The van der Waals surface area contributed by atoms with E-state index in [0.717, 1.165) is 32.1 Å². The van der Waals surface area contributed by atoms with Crippen molar-refractivity contribution >= 4 is 27.2 Å². The van der Waals surface area contributed by atoms with Crippen LogP contribution in [0.5, 0.6) is 0 Å². The first-order valence-corrected chi connectivity index (χ1v) is 8.12. The number of rotatable bonds is 5. The number of sulfonamides is 1. The lowest BCUT2D eigenvalue weighted by Crippen LogP contribution is -2.49. The molecule has 1 aliphatic rings. The summed E-state index contributed by atoms with van der Waals surface area (Å²) in [6, 6.07) is 0.135. The van der Waals surface area contributed by atoms with E-state index in [0.29, 0.717) is 6.54 Å². The molecule has 0 aromatic rings. The van der Waals surface area contributed by atoms with Gasteiger partial charge in [-0.3, -0.25) is 0 Å². The minimum absolute atomic E-state index is 0.0609. The van der Waals surface area contributed by atoms with Crippen LogP contribution in [0.4, 0.5) is 0 Å². The van der Waals surface area contributed by atoms with Gasteiger partial charge < -0.3 is 5.73 Å². The Bertz CT molecular complexity index is 366. The lowest BCUT2D eigenvalue weighted by Gasteiger charge is -2.36. The number of nitrogens with zero attached hydrogens (tertiary/aromatic N) is 1. The van der Waals surface area contributed by atoms with E-state index >= 15 is 0 Å². The Kier molecular flexibility index (Phi) is 5.34. The van der Waals surface area contributed by atoms with Gasteiger partial charge in [0.15, 0.2) is 0 Å². The first-order valence-electron chi connectivity index (χ1n) is 6.21. The molecule has 0 bridgehead atoms. The van der Waals surface area contributed by atoms with Gasteiger partial charge in [0.05, 0.1) is 4.99 Å². The Morgan fingerprint density at radius 3 is 2.71 bits per heavy atom. The quantitative estimate of drug-likeness (QED) is 0.777. The van der Waals surface area contributed by atoms with Crippen LogP contribution in [0.3, 0.4) is 0 Å². The summed E-state index contributed by atoms with van der Waals surface area (Å²) in [6.07, 6.45) is 4.92. The average molecular weight is 278 g/mol. The summed E-state index contributed by atoms with van der Waals surface area (Å²) >= 11 is 4.81. The van der Waals surface area contributed by atoms with Crippen LogP contribution in [0.1, 0.15) is 46.0 Å². The van der Waals surface area contributed by atoms with Gasteiger partial charge in [-0.2, -0.15) is 4.31 Å². The molecule has 1 fully saturated rings. The molecule has 0 aromatic heterocycles. The second-order valence-corrected chi connectivity index (χ2v) is 7.32. The Balaban J connectivity index is 2.90. The second-order valence-electron chi connectivity index (χ2n) is 4.64. The fourth-order valence-corrected chi connectivity index (χ4v) is 4.36. The summed E-state index contributed by atoms with van der Waals surface area (Å²) in [5.74, 6) is 0. The Morgan fingerprint density at radius 2 is 2.18 bits per heavy atom. The zero-order chi connectivity index (χ0) is 13.1. The van der Waals surface area contributed by atoms with Crippen LogP contribution in [-0.4, -0.2) is 35.5 Å². The lowest BCUT2D eigenvalue weighted by molar-refractivity contribution is 0.239. The third-order valence-electron chi connectivity index (χ3n) is 3.37. The molecular formula is C11H22N2O2S2. The molecule has 2 unspecified atom stereocenters. The summed E-state index contributed by atoms with van der Waals surface area (Å²) in [7, 11) is -3.37. The fraction of sp³-hybridized carbons (Fsp3) is 0.909. The van der Waals surface area contributed by atoms with E-state index < -0.39 is 15.3 Å². The van der Waals surface area contributed by atoms with E-state index in [1.54, 1.807) is 11.2 Å². The van der Waals surface area contributed by atoms with Gasteiger partial charge in [0.25, 0.3) is 0 Å². The van der Waals surface area contributed by atoms with Crippen LogP contribution in [0, 0.1) is 0 Å². The van der Waals surface area contributed by atoms with E-state index in [-0.39, 0.29) is 11.0 Å². The highest BCUT2D eigenvalue weighted by Gasteiger charge is 2.36. The van der Waals surface area contributed by atoms with Crippen molar-refractivity contribution < 1.29 is 8.42 Å². The third kappa shape index (κ3) is 3.39. The van der Waals surface area contributed by atoms with E-state index in [1.807, 2.05) is 0 Å². The number of hydrogen-bond donors (Lipinski definition) is 1. The molecule has 0 radical (unpaired) electrons. The van der Waals surface area contributed by atoms with Gasteiger partial charge in [-0.1, -0.05) is 32.0 Å². The van der Waals surface area contributed by atoms with E-state index in [9.17, 15) is 8.42 Å². The van der Waals surface area contributed by atoms with Crippen LogP contribution < -0.4 is 5.73 Å². The summed E-state index contributed by atoms with van der Waals surface area (Å²) in [5, 5.41) is -0.755. The molecule has 0 spiro atoms. The van der Waals surface area contributed by atoms with E-state index in [2.05, 4.69) is 6.92 Å². The molecule has 1 saturated heterocycles. The minimum Gasteiger partial charge on any atom is -0.392 e. The maximum Gasteiger partial charge on any atom is 0.223 e. The maximum atomic E-state index is 12.4. The van der Waals surface area contributed by atoms with Crippen LogP contribution in [0.2, 0.25) is 0 Å². The normalized spacial score (nSPS) is 24.5. The average Bonchev–Trinajstić information content (AvgIpc) is 2.29. The van der Waals surface area contributed by atoms with Gasteiger partial charge in [0.1, 0.15) is 5.25 Å². The van der Waals surface area contributed by atoms with Crippen molar-refractivity contribution in [1.82, 2.24) is 4.31 Å². The highest BCUT2D eigenvalue weighted by atomic mass is 32.2. The molecule has 0 saturated carbocycles. The van der Waals surface area contributed by atoms with Crippen LogP contribution in [-0.2, 0) is 10.0 Å². The van der Waals surface area contributed by atoms with Crippen molar-refractivity contribution in [3.05, 3.63) is 0 Å². The van der Waals surface area contributed by atoms with Crippen molar-refractivity contribution in [2.75, 3.05) is 6.54 Å². The Morgan fingerprint density at radius 1 is 1.53 bits per heavy atom. The van der Waals surface area contributed by atoms with Crippen LogP contribution >= 0.6 is 12.2 Å². The second kappa shape index (κ2) is 6.11. The Labute approximate surface area is 110 Å². The first kappa shape index (κ1) is 14.9. The fourth-order valence-electron chi connectivity index (χ4n) is 2.28. The summed E-state index contributed by atoms with van der Waals surface area (Å²) in [5.41, 5.74) is 5.47. The molecule has 6 heteroatoms. The minimum atomic E-state index is -3.37. The van der Waals surface area contributed by atoms with E-state index in [1.165, 1.54) is 0 Å². The molecule has 2 N–H and O–H groups in total. The summed E-state index contributed by atoms with van der Waals surface area (Å²) < 4.78 is 26.4. The van der Waals surface area contributed by atoms with Crippen molar-refractivity contribution in [2.24, 2.45) is 5.73 Å². The van der Waals surface area contributed by atoms with Crippen molar-refractivity contribution in [2.45, 2.75) is 57.2 Å². The Hall–Kier alpha value is -0.200. The molecule has 0 amide bonds. The number of hydrogen-bond acceptors (Lipinski definition) is 3. The number of piperidine rings is 1. The van der Waals surface area contributed by atoms with E-state index in [4.69, 9.17) is 18.0 Å². The van der Waals surface area contributed by atoms with Gasteiger partial charge in [0.2, 0.25) is 10.0 Å². The molecule has 1 rings (SSSR count). The molecular weight excluding hydrogens is 256 g/mol. The molecule has 1 aliphatic heterocycles. The maximum absolute atomic E-state index is 12.4. The van der Waals surface area contributed by atoms with Crippen molar-refractivity contribution in [1.29, 1.82) is 0 Å². The zero-order valence-corrected chi connectivity index (χ0v) is 12.2. The highest BCUT2D eigenvalue weighted by molar-refractivity contribution is 7.92. The van der Waals surface area contributed by atoms with Crippen LogP contribution in [0.15, 0.2) is 0 Å². The molecule has 0 aliphatic carbocycles. The zero-order valence-electron chi connectivity index (χ0n) is 10.6. The standard InChI is InChI=1S/C11H22N2O2S2/c1-3-6-10-7-4-5-8-13(10)17(14,15)9(2)11(12)16/h9-10H,3-8H2,1-2H3,(H2,12,16). The van der Waals surface area contributed by atoms with Gasteiger partial charge in [0, 0.05) is 12.6 Å². The van der Waals surface area contributed by atoms with Gasteiger partial charge in [-0.25, -0.2) is 8.42 Å². The predicted octanol–water partition coefficient (Wildman–Crippen LogP) is 1.65. The first-order chi connectivity index (χ1) is 7.91. The summed E-state index contributed by atoms with van der Waals surface area (Å²) in [4.78, 5) is 0.0609. The predicted molar refractivity (Wildman–Crippen MR) is 74.4 cm³/mol. The topological polar surface area (TPSA) is 63.4 Å². The number of thiocarbonyl (C=S) groups is 1.